The van der Waals surface area contributed by atoms with Crippen LogP contribution in [0.3, 0.4) is 0 Å². The van der Waals surface area contributed by atoms with Crippen LogP contribution in [-0.2, 0) is 33.8 Å². The molecule has 2 aromatic carbocycles. The minimum Gasteiger partial charge on any atom is -0.448 e. The monoisotopic (exact) mass is 496 g/mol. The van der Waals surface area contributed by atoms with Crippen LogP contribution < -0.4 is 4.74 Å². The van der Waals surface area contributed by atoms with Crippen LogP contribution in [0.4, 0.5) is 13.2 Å². The van der Waals surface area contributed by atoms with Crippen molar-refractivity contribution in [3.05, 3.63) is 64.2 Å². The Morgan fingerprint density at radius 1 is 0.971 bits per heavy atom. The van der Waals surface area contributed by atoms with Crippen LogP contribution in [0.1, 0.15) is 37.4 Å². The van der Waals surface area contributed by atoms with Gasteiger partial charge in [-0.25, -0.2) is 9.59 Å². The molecule has 0 heterocycles. The molecule has 0 aliphatic heterocycles. The van der Waals surface area contributed by atoms with Gasteiger partial charge in [0.05, 0.1) is 11.1 Å². The van der Waals surface area contributed by atoms with Crippen molar-refractivity contribution in [2.75, 3.05) is 5.75 Å². The number of ether oxygens (including phenoxy) is 2. The Bertz CT molecular complexity index is 1150. The topological polar surface area (TPSA) is 107 Å². The molecule has 0 radical (unpaired) electrons. The van der Waals surface area contributed by atoms with Gasteiger partial charge in [0.1, 0.15) is 35.0 Å². The Kier molecular flexibility index (Phi) is 9.01. The molecule has 0 aromatic heterocycles. The number of esters is 2. The van der Waals surface area contributed by atoms with E-state index in [1.807, 2.05) is 29.6 Å². The zero-order chi connectivity index (χ0) is 25.7. The predicted octanol–water partition coefficient (Wildman–Crippen LogP) is 0.281. The summed E-state index contributed by atoms with van der Waals surface area (Å²) >= 11 is 0. The van der Waals surface area contributed by atoms with E-state index in [2.05, 4.69) is 4.74 Å². The molecular weight excluding hydrogens is 474 g/mol. The van der Waals surface area contributed by atoms with Crippen LogP contribution in [0, 0.1) is 0 Å². The number of halogens is 3. The molecule has 0 amide bonds. The summed E-state index contributed by atoms with van der Waals surface area (Å²) in [5, 5.41) is 0. The molecule has 1 N–H and O–H groups in total. The van der Waals surface area contributed by atoms with Crippen LogP contribution in [-0.4, -0.2) is 66.5 Å². The second kappa shape index (κ2) is 11.1. The maximum absolute atomic E-state index is 13.0. The van der Waals surface area contributed by atoms with Crippen LogP contribution >= 0.6 is 0 Å². The van der Waals surface area contributed by atoms with Gasteiger partial charge in [-0.1, -0.05) is 36.2 Å². The predicted molar refractivity (Wildman–Crippen MR) is 126 cm³/mol. The molecule has 180 valence electrons. The van der Waals surface area contributed by atoms with Crippen LogP contribution in [0.25, 0.3) is 0 Å². The van der Waals surface area contributed by atoms with E-state index in [0.717, 1.165) is 41.5 Å². The fraction of sp³-hybridized carbons (Fsp3) is 0.300. The average Bonchev–Trinajstić information content (AvgIpc) is 2.76. The summed E-state index contributed by atoms with van der Waals surface area (Å²) in [5.74, 6) is -3.84. The zero-order valence-corrected chi connectivity index (χ0v) is 19.6. The molecular formula is C20H22B3F3O7S. The third-order valence-electron chi connectivity index (χ3n) is 5.04. The molecule has 34 heavy (non-hydrogen) atoms. The van der Waals surface area contributed by atoms with Gasteiger partial charge in [0, 0.05) is 0 Å². The van der Waals surface area contributed by atoms with Gasteiger partial charge < -0.3 is 9.47 Å². The molecule has 2 aromatic rings. The van der Waals surface area contributed by atoms with Gasteiger partial charge in [-0.15, -0.1) is 0 Å². The number of rotatable bonds is 9. The first-order valence-electron chi connectivity index (χ1n) is 10.5. The number of carbonyl (C=O) groups excluding carboxylic acids is 2. The molecule has 0 aliphatic carbocycles. The van der Waals surface area contributed by atoms with Gasteiger partial charge in [-0.3, -0.25) is 4.55 Å². The van der Waals surface area contributed by atoms with Crippen molar-refractivity contribution in [2.24, 2.45) is 0 Å². The summed E-state index contributed by atoms with van der Waals surface area (Å²) in [6.07, 6.45) is -6.16. The fourth-order valence-electron chi connectivity index (χ4n) is 3.32. The van der Waals surface area contributed by atoms with E-state index in [0.29, 0.717) is 11.9 Å². The summed E-state index contributed by atoms with van der Waals surface area (Å²) in [5.41, 5.74) is 2.96. The van der Waals surface area contributed by atoms with Crippen molar-refractivity contribution in [1.29, 1.82) is 0 Å². The lowest BCUT2D eigenvalue weighted by atomic mass is 9.81. The van der Waals surface area contributed by atoms with E-state index in [4.69, 9.17) is 9.29 Å². The molecule has 1 unspecified atom stereocenters. The second-order valence-corrected chi connectivity index (χ2v) is 8.94. The Morgan fingerprint density at radius 3 is 2.06 bits per heavy atom. The van der Waals surface area contributed by atoms with Gasteiger partial charge in [-0.05, 0) is 35.9 Å². The lowest BCUT2D eigenvalue weighted by molar-refractivity contribution is -0.197. The standard InChI is InChI=1S/C20H22B3F3O7S/c21-7-11-5-13(8-22)16(9-23)15(6-11)19(28)32-14-3-1-12(2-4-14)18(27)33-17(20(24,25)26)10-34(29,30)31/h1-6,17H,7-10,21-23H2,(H,29,30,31). The second-order valence-electron chi connectivity index (χ2n) is 7.44. The van der Waals surface area contributed by atoms with E-state index in [1.54, 1.807) is 6.07 Å². The first kappa shape index (κ1) is 27.5. The molecule has 14 heteroatoms. The van der Waals surface area contributed by atoms with Gasteiger partial charge in [-0.2, -0.15) is 21.6 Å². The molecule has 0 fully saturated rings. The number of hydrogen-bond acceptors (Lipinski definition) is 6. The largest absolute Gasteiger partial charge is 0.448 e. The number of alkyl halides is 3. The van der Waals surface area contributed by atoms with Crippen LogP contribution in [0.2, 0.25) is 0 Å². The summed E-state index contributed by atoms with van der Waals surface area (Å²) in [6, 6.07) is 8.37. The third kappa shape index (κ3) is 7.39. The lowest BCUT2D eigenvalue weighted by Crippen LogP contribution is -2.39. The van der Waals surface area contributed by atoms with Crippen molar-refractivity contribution in [1.82, 2.24) is 0 Å². The Hall–Kier alpha value is -2.73. The molecule has 0 aliphatic rings. The highest BCUT2D eigenvalue weighted by atomic mass is 32.2. The van der Waals surface area contributed by atoms with Gasteiger partial charge >= 0.3 is 18.1 Å². The fourth-order valence-corrected chi connectivity index (χ4v) is 3.96. The lowest BCUT2D eigenvalue weighted by Gasteiger charge is -2.19. The van der Waals surface area contributed by atoms with E-state index >= 15 is 0 Å². The van der Waals surface area contributed by atoms with Crippen molar-refractivity contribution in [3.63, 3.8) is 0 Å². The van der Waals surface area contributed by atoms with E-state index in [9.17, 15) is 31.2 Å². The third-order valence-corrected chi connectivity index (χ3v) is 5.77. The molecule has 2 rings (SSSR count). The average molecular weight is 496 g/mol. The Labute approximate surface area is 198 Å². The van der Waals surface area contributed by atoms with Crippen molar-refractivity contribution < 1.29 is 45.2 Å². The molecule has 1 atom stereocenters. The SMILES string of the molecule is BCc1cc(CB)c(CB)c(C(=O)Oc2ccc(C(=O)OC(CS(=O)(=O)O)C(F)(F)F)cc2)c1. The smallest absolute Gasteiger partial charge is 0.426 e. The summed E-state index contributed by atoms with van der Waals surface area (Å²) < 4.78 is 78.8. The highest BCUT2D eigenvalue weighted by molar-refractivity contribution is 7.85. The number of benzene rings is 2. The minimum absolute atomic E-state index is 0.0499. The first-order chi connectivity index (χ1) is 15.8. The maximum Gasteiger partial charge on any atom is 0.426 e. The Balaban J connectivity index is 2.20. The summed E-state index contributed by atoms with van der Waals surface area (Å²) in [4.78, 5) is 24.9. The molecule has 0 spiro atoms. The summed E-state index contributed by atoms with van der Waals surface area (Å²) in [7, 11) is 0.824. The normalized spacial score (nSPS) is 12.7. The van der Waals surface area contributed by atoms with Crippen LogP contribution in [0.15, 0.2) is 36.4 Å². The number of hydrogen-bond donors (Lipinski definition) is 1. The van der Waals surface area contributed by atoms with Gasteiger partial charge in [0.25, 0.3) is 10.1 Å². The van der Waals surface area contributed by atoms with Crippen LogP contribution in [0.5, 0.6) is 5.75 Å². The van der Waals surface area contributed by atoms with E-state index < -0.39 is 40.1 Å². The maximum atomic E-state index is 13.0. The highest BCUT2D eigenvalue weighted by Gasteiger charge is 2.45. The van der Waals surface area contributed by atoms with E-state index in [-0.39, 0.29) is 11.3 Å². The van der Waals surface area contributed by atoms with E-state index in [1.165, 1.54) is 12.1 Å². The Morgan fingerprint density at radius 2 is 1.59 bits per heavy atom. The quantitative estimate of drug-likeness (QED) is 0.230. The number of carbonyl (C=O) groups is 2. The highest BCUT2D eigenvalue weighted by Crippen LogP contribution is 2.26. The molecule has 0 saturated heterocycles. The zero-order valence-electron chi connectivity index (χ0n) is 18.8. The molecule has 0 saturated carbocycles. The molecule has 0 bridgehead atoms. The van der Waals surface area contributed by atoms with Crippen molar-refractivity contribution >= 4 is 45.6 Å². The van der Waals surface area contributed by atoms with Crippen molar-refractivity contribution in [3.8, 4) is 5.75 Å². The van der Waals surface area contributed by atoms with Gasteiger partial charge in [0.15, 0.2) is 0 Å². The van der Waals surface area contributed by atoms with Crippen molar-refractivity contribution in [2.45, 2.75) is 31.2 Å². The molecule has 7 nitrogen and oxygen atoms in total. The minimum atomic E-state index is -5.21. The first-order valence-corrected chi connectivity index (χ1v) is 12.1. The summed E-state index contributed by atoms with van der Waals surface area (Å²) in [6.45, 7) is 0. The van der Waals surface area contributed by atoms with Gasteiger partial charge in [0.2, 0.25) is 6.10 Å².